The lowest BCUT2D eigenvalue weighted by Gasteiger charge is -2.32. The number of pyridine rings is 1. The largest absolute Gasteiger partial charge is 0.355 e. The number of piperidine rings is 1. The van der Waals surface area contributed by atoms with Crippen molar-refractivity contribution in [3.63, 3.8) is 0 Å². The van der Waals surface area contributed by atoms with Crippen LogP contribution < -0.4 is 5.32 Å². The first-order chi connectivity index (χ1) is 14.2. The minimum atomic E-state index is -0.161. The predicted molar refractivity (Wildman–Crippen MR) is 114 cm³/mol. The second-order valence-corrected chi connectivity index (χ2v) is 7.48. The first-order valence-corrected chi connectivity index (χ1v) is 10.2. The Morgan fingerprint density at radius 3 is 2.72 bits per heavy atom. The van der Waals surface area contributed by atoms with Crippen molar-refractivity contribution in [2.45, 2.75) is 19.3 Å². The summed E-state index contributed by atoms with van der Waals surface area (Å²) in [6.45, 7) is 1.72. The molecule has 0 bridgehead atoms. The summed E-state index contributed by atoms with van der Waals surface area (Å²) < 4.78 is 0. The number of aromatic nitrogens is 1. The Labute approximate surface area is 170 Å². The van der Waals surface area contributed by atoms with E-state index in [1.54, 1.807) is 6.20 Å². The lowest BCUT2D eigenvalue weighted by molar-refractivity contribution is -0.126. The molecule has 0 radical (unpaired) electrons. The molecule has 4 rings (SSSR count). The fourth-order valence-corrected chi connectivity index (χ4v) is 3.96. The van der Waals surface area contributed by atoms with Gasteiger partial charge in [-0.1, -0.05) is 42.5 Å². The first-order valence-electron chi connectivity index (χ1n) is 10.2. The van der Waals surface area contributed by atoms with E-state index in [2.05, 4.69) is 10.3 Å². The number of nitrogens with one attached hydrogen (secondary N) is 1. The Hall–Kier alpha value is -3.21. The lowest BCUT2D eigenvalue weighted by Crippen LogP contribution is -2.45. The first kappa shape index (κ1) is 19.1. The van der Waals surface area contributed by atoms with Gasteiger partial charge in [-0.25, -0.2) is 0 Å². The van der Waals surface area contributed by atoms with Gasteiger partial charge in [0.1, 0.15) is 0 Å². The molecule has 5 nitrogen and oxygen atoms in total. The Balaban J connectivity index is 1.38. The van der Waals surface area contributed by atoms with Crippen LogP contribution in [0.3, 0.4) is 0 Å². The normalized spacial score (nSPS) is 16.6. The highest BCUT2D eigenvalue weighted by atomic mass is 16.2. The minimum Gasteiger partial charge on any atom is -0.355 e. The molecule has 3 aromatic rings. The molecule has 1 atom stereocenters. The van der Waals surface area contributed by atoms with Gasteiger partial charge in [0, 0.05) is 43.5 Å². The summed E-state index contributed by atoms with van der Waals surface area (Å²) in [7, 11) is 0. The number of likely N-dealkylation sites (tertiary alicyclic amines) is 1. The number of carbonyl (C=O) groups is 2. The van der Waals surface area contributed by atoms with Gasteiger partial charge in [-0.05, 0) is 41.8 Å². The van der Waals surface area contributed by atoms with Gasteiger partial charge in [0.15, 0.2) is 0 Å². The summed E-state index contributed by atoms with van der Waals surface area (Å²) in [5.74, 6) is -0.129. The van der Waals surface area contributed by atoms with Gasteiger partial charge in [0.2, 0.25) is 5.91 Å². The van der Waals surface area contributed by atoms with Crippen molar-refractivity contribution in [2.75, 3.05) is 19.6 Å². The Morgan fingerprint density at radius 1 is 1.03 bits per heavy atom. The fraction of sp³-hybridized carbons (Fsp3) is 0.292. The Bertz CT molecular complexity index is 998. The molecule has 1 aliphatic rings. The number of nitrogens with zero attached hydrogens (tertiary/aromatic N) is 2. The summed E-state index contributed by atoms with van der Waals surface area (Å²) in [6.07, 6.45) is 4.12. The van der Waals surface area contributed by atoms with E-state index in [1.807, 2.05) is 65.6 Å². The molecule has 2 aromatic carbocycles. The number of rotatable bonds is 5. The van der Waals surface area contributed by atoms with Crippen molar-refractivity contribution in [3.8, 4) is 0 Å². The number of fused-ring (bicyclic) bond motifs is 1. The van der Waals surface area contributed by atoms with Gasteiger partial charge in [-0.3, -0.25) is 14.6 Å². The van der Waals surface area contributed by atoms with Crippen molar-refractivity contribution in [1.82, 2.24) is 15.2 Å². The van der Waals surface area contributed by atoms with E-state index in [4.69, 9.17) is 0 Å². The monoisotopic (exact) mass is 387 g/mol. The third-order valence-corrected chi connectivity index (χ3v) is 5.51. The van der Waals surface area contributed by atoms with Crippen molar-refractivity contribution in [2.24, 2.45) is 5.92 Å². The smallest absolute Gasteiger partial charge is 0.254 e. The summed E-state index contributed by atoms with van der Waals surface area (Å²) in [4.78, 5) is 31.9. The van der Waals surface area contributed by atoms with E-state index in [-0.39, 0.29) is 17.7 Å². The molecule has 2 heterocycles. The number of carbonyl (C=O) groups excluding carboxylic acids is 2. The highest BCUT2D eigenvalue weighted by Crippen LogP contribution is 2.23. The highest BCUT2D eigenvalue weighted by molar-refractivity contribution is 6.07. The Kier molecular flexibility index (Phi) is 5.84. The van der Waals surface area contributed by atoms with Crippen LogP contribution in [0.25, 0.3) is 10.8 Å². The lowest BCUT2D eigenvalue weighted by atomic mass is 9.95. The maximum Gasteiger partial charge on any atom is 0.254 e. The van der Waals surface area contributed by atoms with Crippen LogP contribution in [0.15, 0.2) is 66.9 Å². The molecule has 0 aliphatic carbocycles. The SMILES string of the molecule is O=C(NCCc1ccccn1)[C@@H]1CCCN(C(=O)c2cccc3ccccc23)C1. The number of hydrogen-bond acceptors (Lipinski definition) is 3. The molecule has 0 saturated carbocycles. The molecule has 0 unspecified atom stereocenters. The Morgan fingerprint density at radius 2 is 1.86 bits per heavy atom. The van der Waals surface area contributed by atoms with Gasteiger partial charge < -0.3 is 10.2 Å². The maximum atomic E-state index is 13.2. The molecule has 1 saturated heterocycles. The third-order valence-electron chi connectivity index (χ3n) is 5.51. The van der Waals surface area contributed by atoms with Gasteiger partial charge in [-0.15, -0.1) is 0 Å². The van der Waals surface area contributed by atoms with Crippen molar-refractivity contribution in [3.05, 3.63) is 78.1 Å². The quantitative estimate of drug-likeness (QED) is 0.729. The van der Waals surface area contributed by atoms with Crippen LogP contribution in [0.2, 0.25) is 0 Å². The van der Waals surface area contributed by atoms with Gasteiger partial charge in [0.05, 0.1) is 5.92 Å². The average Bonchev–Trinajstić information content (AvgIpc) is 2.79. The zero-order chi connectivity index (χ0) is 20.1. The summed E-state index contributed by atoms with van der Waals surface area (Å²) in [5, 5.41) is 5.03. The third kappa shape index (κ3) is 4.45. The van der Waals surface area contributed by atoms with Gasteiger partial charge in [-0.2, -0.15) is 0 Å². The van der Waals surface area contributed by atoms with Crippen LogP contribution in [0.1, 0.15) is 28.9 Å². The maximum absolute atomic E-state index is 13.2. The van der Waals surface area contributed by atoms with E-state index >= 15 is 0 Å². The van der Waals surface area contributed by atoms with Crippen LogP contribution >= 0.6 is 0 Å². The second-order valence-electron chi connectivity index (χ2n) is 7.48. The molecule has 29 heavy (non-hydrogen) atoms. The summed E-state index contributed by atoms with van der Waals surface area (Å²) >= 11 is 0. The number of amides is 2. The molecule has 2 amide bonds. The van der Waals surface area contributed by atoms with Crippen molar-refractivity contribution >= 4 is 22.6 Å². The second kappa shape index (κ2) is 8.86. The molecule has 5 heteroatoms. The van der Waals surface area contributed by atoms with E-state index in [9.17, 15) is 9.59 Å². The standard InChI is InChI=1S/C24H25N3O2/c28-23(26-15-13-20-10-3-4-14-25-20)19-9-6-16-27(17-19)24(29)22-12-5-8-18-7-1-2-11-21(18)22/h1-5,7-8,10-12,14,19H,6,9,13,15-17H2,(H,26,28)/t19-/m1/s1. The van der Waals surface area contributed by atoms with Gasteiger partial charge in [0.25, 0.3) is 5.91 Å². The zero-order valence-electron chi connectivity index (χ0n) is 16.4. The van der Waals surface area contributed by atoms with E-state index in [0.717, 1.165) is 29.3 Å². The molecule has 1 N–H and O–H groups in total. The molecule has 1 aromatic heterocycles. The predicted octanol–water partition coefficient (Wildman–Crippen LogP) is 3.45. The highest BCUT2D eigenvalue weighted by Gasteiger charge is 2.29. The minimum absolute atomic E-state index is 0.00721. The fourth-order valence-electron chi connectivity index (χ4n) is 3.96. The average molecular weight is 387 g/mol. The van der Waals surface area contributed by atoms with Crippen LogP contribution in [0, 0.1) is 5.92 Å². The summed E-state index contributed by atoms with van der Waals surface area (Å²) in [5.41, 5.74) is 1.67. The van der Waals surface area contributed by atoms with Crippen LogP contribution in [0.5, 0.6) is 0 Å². The van der Waals surface area contributed by atoms with Crippen LogP contribution in [0.4, 0.5) is 0 Å². The topological polar surface area (TPSA) is 62.3 Å². The zero-order valence-corrected chi connectivity index (χ0v) is 16.4. The van der Waals surface area contributed by atoms with E-state index < -0.39 is 0 Å². The van der Waals surface area contributed by atoms with E-state index in [1.165, 1.54) is 0 Å². The number of hydrogen-bond donors (Lipinski definition) is 1. The van der Waals surface area contributed by atoms with Crippen molar-refractivity contribution in [1.29, 1.82) is 0 Å². The molecule has 1 fully saturated rings. The molecular formula is C24H25N3O2. The molecule has 148 valence electrons. The molecule has 0 spiro atoms. The number of benzene rings is 2. The molecule has 1 aliphatic heterocycles. The summed E-state index contributed by atoms with van der Waals surface area (Å²) in [6, 6.07) is 19.5. The van der Waals surface area contributed by atoms with Crippen molar-refractivity contribution < 1.29 is 9.59 Å². The molecular weight excluding hydrogens is 362 g/mol. The van der Waals surface area contributed by atoms with Crippen LogP contribution in [-0.2, 0) is 11.2 Å². The van der Waals surface area contributed by atoms with E-state index in [0.29, 0.717) is 31.6 Å². The van der Waals surface area contributed by atoms with Crippen LogP contribution in [-0.4, -0.2) is 41.3 Å². The van der Waals surface area contributed by atoms with Gasteiger partial charge >= 0.3 is 0 Å².